The van der Waals surface area contributed by atoms with Gasteiger partial charge < -0.3 is 14.8 Å². The molecule has 1 aromatic heterocycles. The minimum atomic E-state index is -3.57. The maximum Gasteiger partial charge on any atom is 0.252 e. The zero-order chi connectivity index (χ0) is 14.8. The Hall–Kier alpha value is -0.960. The molecule has 0 spiro atoms. The van der Waals surface area contributed by atoms with E-state index in [2.05, 4.69) is 6.92 Å². The van der Waals surface area contributed by atoms with E-state index in [0.717, 1.165) is 37.4 Å². The number of carbonyl (C=O) groups is 1. The number of carbonyl (C=O) groups excluding carboxylic acids is 1. The second-order valence-corrected chi connectivity index (χ2v) is 7.92. The molecule has 0 radical (unpaired) electrons. The lowest BCUT2D eigenvalue weighted by molar-refractivity contribution is -0.903. The third-order valence-electron chi connectivity index (χ3n) is 3.44. The lowest BCUT2D eigenvalue weighted by Crippen LogP contribution is -3.14. The van der Waals surface area contributed by atoms with E-state index in [0.29, 0.717) is 13.1 Å². The number of rotatable bonds is 5. The summed E-state index contributed by atoms with van der Waals surface area (Å²) in [5, 5.41) is 12.0. The molecule has 0 amide bonds. The van der Waals surface area contributed by atoms with Gasteiger partial charge in [0.2, 0.25) is 0 Å². The number of nitrogens with one attached hydrogen (secondary N) is 1. The number of hydrogen-bond acceptors (Lipinski definition) is 5. The molecule has 0 atom stereocenters. The summed E-state index contributed by atoms with van der Waals surface area (Å²) in [5.41, 5.74) is -0.0798. The Balaban J connectivity index is 2.09. The fourth-order valence-electron chi connectivity index (χ4n) is 2.33. The first kappa shape index (κ1) is 15.4. The molecule has 0 bridgehead atoms. The quantitative estimate of drug-likeness (QED) is 0.710. The fourth-order valence-corrected chi connectivity index (χ4v) is 5.08. The van der Waals surface area contributed by atoms with Crippen molar-refractivity contribution in [2.24, 2.45) is 0 Å². The molecule has 0 unspecified atom stereocenters. The van der Waals surface area contributed by atoms with Crippen LogP contribution >= 0.6 is 11.3 Å². The van der Waals surface area contributed by atoms with Gasteiger partial charge in [0.05, 0.1) is 38.7 Å². The summed E-state index contributed by atoms with van der Waals surface area (Å²) in [4.78, 5) is 12.1. The number of carboxylic acids is 1. The standard InChI is InChI=1S/C12H18N2O4S2/c1-2-3-13-4-6-14(7-5-13)20(17,18)11-8-10(9-19-11)12(15)16/h8-9H,2-7H2,1H3,(H,15,16). The largest absolute Gasteiger partial charge is 0.545 e. The molecule has 0 aliphatic carbocycles. The van der Waals surface area contributed by atoms with Crippen molar-refractivity contribution in [3.05, 3.63) is 17.0 Å². The second-order valence-electron chi connectivity index (χ2n) is 4.85. The van der Waals surface area contributed by atoms with Gasteiger partial charge in [0.15, 0.2) is 0 Å². The van der Waals surface area contributed by atoms with E-state index < -0.39 is 16.0 Å². The highest BCUT2D eigenvalue weighted by molar-refractivity contribution is 7.91. The summed E-state index contributed by atoms with van der Waals surface area (Å²) in [6, 6.07) is 1.18. The molecular formula is C12H18N2O4S2. The van der Waals surface area contributed by atoms with Gasteiger partial charge in [-0.1, -0.05) is 6.92 Å². The average Bonchev–Trinajstić information content (AvgIpc) is 2.90. The van der Waals surface area contributed by atoms with Gasteiger partial charge in [-0.05, 0) is 12.5 Å². The van der Waals surface area contributed by atoms with E-state index in [4.69, 9.17) is 0 Å². The molecule has 8 heteroatoms. The minimum Gasteiger partial charge on any atom is -0.545 e. The Morgan fingerprint density at radius 3 is 2.60 bits per heavy atom. The van der Waals surface area contributed by atoms with E-state index in [-0.39, 0.29) is 9.77 Å². The molecule has 20 heavy (non-hydrogen) atoms. The van der Waals surface area contributed by atoms with Gasteiger partial charge >= 0.3 is 0 Å². The van der Waals surface area contributed by atoms with Gasteiger partial charge in [0.25, 0.3) is 10.0 Å². The van der Waals surface area contributed by atoms with Crippen LogP contribution in [0.15, 0.2) is 15.7 Å². The highest BCUT2D eigenvalue weighted by atomic mass is 32.2. The van der Waals surface area contributed by atoms with Crippen molar-refractivity contribution in [1.82, 2.24) is 4.31 Å². The van der Waals surface area contributed by atoms with Gasteiger partial charge in [0.1, 0.15) is 4.21 Å². The molecule has 2 heterocycles. The van der Waals surface area contributed by atoms with Gasteiger partial charge in [-0.15, -0.1) is 11.3 Å². The first-order chi connectivity index (χ1) is 9.45. The molecule has 1 N–H and O–H groups in total. The Morgan fingerprint density at radius 2 is 2.10 bits per heavy atom. The molecule has 6 nitrogen and oxygen atoms in total. The Kier molecular flexibility index (Phi) is 4.79. The summed E-state index contributed by atoms with van der Waals surface area (Å²) in [6.07, 6.45) is 1.09. The molecule has 2 rings (SSSR count). The van der Waals surface area contributed by atoms with Crippen LogP contribution in [-0.2, 0) is 10.0 Å². The smallest absolute Gasteiger partial charge is 0.252 e. The molecule has 1 fully saturated rings. The maximum absolute atomic E-state index is 12.4. The van der Waals surface area contributed by atoms with Crippen LogP contribution in [0.2, 0.25) is 0 Å². The molecular weight excluding hydrogens is 300 g/mol. The van der Waals surface area contributed by atoms with Crippen LogP contribution in [0.4, 0.5) is 0 Å². The highest BCUT2D eigenvalue weighted by Gasteiger charge is 2.31. The Bertz CT molecular complexity index is 574. The molecule has 1 aliphatic rings. The highest BCUT2D eigenvalue weighted by Crippen LogP contribution is 2.23. The summed E-state index contributed by atoms with van der Waals surface area (Å²) in [7, 11) is -3.57. The number of sulfonamides is 1. The summed E-state index contributed by atoms with van der Waals surface area (Å²) in [5.74, 6) is -1.35. The number of quaternary nitrogens is 1. The van der Waals surface area contributed by atoms with Crippen LogP contribution in [0.25, 0.3) is 0 Å². The zero-order valence-electron chi connectivity index (χ0n) is 11.3. The molecule has 0 saturated carbocycles. The average molecular weight is 318 g/mol. The lowest BCUT2D eigenvalue weighted by atomic mass is 10.3. The molecule has 1 aliphatic heterocycles. The number of aromatic carboxylic acids is 1. The normalized spacial score (nSPS) is 18.2. The Labute approximate surface area is 122 Å². The van der Waals surface area contributed by atoms with Gasteiger partial charge in [-0.2, -0.15) is 4.31 Å². The first-order valence-electron chi connectivity index (χ1n) is 6.58. The van der Waals surface area contributed by atoms with Crippen molar-refractivity contribution in [2.75, 3.05) is 32.7 Å². The monoisotopic (exact) mass is 318 g/mol. The van der Waals surface area contributed by atoms with E-state index in [1.54, 1.807) is 0 Å². The van der Waals surface area contributed by atoms with Crippen LogP contribution in [0.5, 0.6) is 0 Å². The van der Waals surface area contributed by atoms with Crippen LogP contribution in [0, 0.1) is 0 Å². The summed E-state index contributed by atoms with van der Waals surface area (Å²) < 4.78 is 26.3. The van der Waals surface area contributed by atoms with Crippen molar-refractivity contribution in [3.8, 4) is 0 Å². The number of nitrogens with zero attached hydrogens (tertiary/aromatic N) is 1. The lowest BCUT2D eigenvalue weighted by Gasteiger charge is -2.30. The van der Waals surface area contributed by atoms with Crippen LogP contribution in [0.3, 0.4) is 0 Å². The zero-order valence-corrected chi connectivity index (χ0v) is 12.9. The first-order valence-corrected chi connectivity index (χ1v) is 8.90. The van der Waals surface area contributed by atoms with E-state index in [1.807, 2.05) is 0 Å². The van der Waals surface area contributed by atoms with Crippen molar-refractivity contribution in [3.63, 3.8) is 0 Å². The number of thiophene rings is 1. The molecule has 112 valence electrons. The molecule has 1 saturated heterocycles. The summed E-state index contributed by atoms with van der Waals surface area (Å²) in [6.45, 7) is 5.73. The van der Waals surface area contributed by atoms with Crippen molar-refractivity contribution < 1.29 is 23.2 Å². The van der Waals surface area contributed by atoms with Crippen LogP contribution < -0.4 is 10.0 Å². The van der Waals surface area contributed by atoms with Gasteiger partial charge in [-0.3, -0.25) is 0 Å². The van der Waals surface area contributed by atoms with Crippen molar-refractivity contribution in [2.45, 2.75) is 17.6 Å². The SMILES string of the molecule is CCC[NH+]1CCN(S(=O)(=O)c2cc(C(=O)[O-])cs2)CC1. The predicted octanol–water partition coefficient (Wildman–Crippen LogP) is -1.59. The van der Waals surface area contributed by atoms with Crippen molar-refractivity contribution in [1.29, 1.82) is 0 Å². The maximum atomic E-state index is 12.4. The van der Waals surface area contributed by atoms with Gasteiger partial charge in [-0.25, -0.2) is 8.42 Å². The fraction of sp³-hybridized carbons (Fsp3) is 0.583. The van der Waals surface area contributed by atoms with Crippen molar-refractivity contribution >= 4 is 27.3 Å². The predicted molar refractivity (Wildman–Crippen MR) is 73.3 cm³/mol. The third-order valence-corrected chi connectivity index (χ3v) is 6.75. The summed E-state index contributed by atoms with van der Waals surface area (Å²) >= 11 is 0.932. The second kappa shape index (κ2) is 6.21. The number of hydrogen-bond donors (Lipinski definition) is 1. The number of carboxylic acid groups (broad SMARTS) is 1. The molecule has 1 aromatic rings. The van der Waals surface area contributed by atoms with Gasteiger partial charge in [0, 0.05) is 10.9 Å². The minimum absolute atomic E-state index is 0.0793. The van der Waals surface area contributed by atoms with E-state index in [1.165, 1.54) is 20.7 Å². The third kappa shape index (κ3) is 3.20. The van der Waals surface area contributed by atoms with Crippen LogP contribution in [0.1, 0.15) is 23.7 Å². The van der Waals surface area contributed by atoms with Crippen LogP contribution in [-0.4, -0.2) is 51.4 Å². The molecule has 0 aromatic carbocycles. The topological polar surface area (TPSA) is 82.0 Å². The number of piperazine rings is 1. The van der Waals surface area contributed by atoms with E-state index in [9.17, 15) is 18.3 Å². The Morgan fingerprint density at radius 1 is 1.45 bits per heavy atom. The van der Waals surface area contributed by atoms with E-state index >= 15 is 0 Å².